The topological polar surface area (TPSA) is 123 Å². The van der Waals surface area contributed by atoms with Gasteiger partial charge in [0.05, 0.1) is 30.1 Å². The summed E-state index contributed by atoms with van der Waals surface area (Å²) in [4.78, 5) is 50.1. The lowest BCUT2D eigenvalue weighted by Crippen LogP contribution is -2.29. The Labute approximate surface area is 250 Å². The molecule has 1 atom stereocenters. The number of esters is 1. The minimum atomic E-state index is -1.05. The summed E-state index contributed by atoms with van der Waals surface area (Å²) >= 11 is 0.940. The van der Waals surface area contributed by atoms with E-state index in [4.69, 9.17) is 9.47 Å². The van der Waals surface area contributed by atoms with Gasteiger partial charge in [-0.2, -0.15) is 0 Å². The number of carbonyl (C=O) groups is 3. The van der Waals surface area contributed by atoms with Gasteiger partial charge >= 0.3 is 11.9 Å². The van der Waals surface area contributed by atoms with E-state index in [1.54, 1.807) is 60.8 Å². The third kappa shape index (κ3) is 4.93. The predicted octanol–water partition coefficient (Wildman–Crippen LogP) is 5.40. The summed E-state index contributed by atoms with van der Waals surface area (Å²) in [7, 11) is 1.26. The number of benzene rings is 2. The van der Waals surface area contributed by atoms with E-state index in [2.05, 4.69) is 9.97 Å². The first-order chi connectivity index (χ1) is 20.8. The fourth-order valence-electron chi connectivity index (χ4n) is 5.13. The standard InChI is InChI=1S/C32H26N4O6S/c1-18-25(35-16-8-7-11-23(35)33-18)27(37)24-26(21-12-14-22(15-13-21)42-17-20-9-5-4-6-10-20)36(30(39)28(24)38)32-34-19(2)29(43-32)31(40)41-3/h4-16,26,37H,17H2,1-3H3/b27-24+. The molecule has 0 radical (unpaired) electrons. The van der Waals surface area contributed by atoms with Crippen LogP contribution in [-0.4, -0.2) is 44.2 Å². The van der Waals surface area contributed by atoms with Crippen LogP contribution in [0.5, 0.6) is 5.75 Å². The molecular formula is C32H26N4O6S. The number of hydrogen-bond acceptors (Lipinski definition) is 9. The molecule has 0 spiro atoms. The van der Waals surface area contributed by atoms with E-state index in [0.717, 1.165) is 16.9 Å². The van der Waals surface area contributed by atoms with Crippen LogP contribution in [0.15, 0.2) is 84.6 Å². The Bertz CT molecular complexity index is 1910. The number of Topliss-reactive ketones (excluding diaryl/α,β-unsaturated/α-hetero) is 1. The molecule has 1 saturated heterocycles. The van der Waals surface area contributed by atoms with Crippen molar-refractivity contribution in [1.82, 2.24) is 14.4 Å². The van der Waals surface area contributed by atoms with Crippen LogP contribution in [0.3, 0.4) is 0 Å². The maximum Gasteiger partial charge on any atom is 0.350 e. The normalized spacial score (nSPS) is 16.2. The number of anilines is 1. The Hall–Kier alpha value is -5.29. The summed E-state index contributed by atoms with van der Waals surface area (Å²) in [5.41, 5.74) is 3.13. The monoisotopic (exact) mass is 594 g/mol. The lowest BCUT2D eigenvalue weighted by molar-refractivity contribution is -0.132. The molecule has 216 valence electrons. The number of imidazole rings is 1. The quantitative estimate of drug-likeness (QED) is 0.115. The average molecular weight is 595 g/mol. The van der Waals surface area contributed by atoms with Crippen molar-refractivity contribution < 1.29 is 29.0 Å². The second-order valence-corrected chi connectivity index (χ2v) is 10.9. The van der Waals surface area contributed by atoms with Crippen LogP contribution in [0, 0.1) is 13.8 Å². The summed E-state index contributed by atoms with van der Waals surface area (Å²) < 4.78 is 12.5. The second-order valence-electron chi connectivity index (χ2n) is 9.89. The van der Waals surface area contributed by atoms with Gasteiger partial charge in [0.15, 0.2) is 10.9 Å². The Balaban J connectivity index is 1.47. The smallest absolute Gasteiger partial charge is 0.350 e. The van der Waals surface area contributed by atoms with Crippen LogP contribution < -0.4 is 9.64 Å². The number of ether oxygens (including phenoxy) is 2. The third-order valence-corrected chi connectivity index (χ3v) is 8.32. The van der Waals surface area contributed by atoms with Gasteiger partial charge in [-0.15, -0.1) is 0 Å². The van der Waals surface area contributed by atoms with Crippen molar-refractivity contribution in [2.24, 2.45) is 0 Å². The average Bonchev–Trinajstić information content (AvgIpc) is 3.66. The molecule has 4 heterocycles. The fourth-order valence-corrected chi connectivity index (χ4v) is 6.14. The van der Waals surface area contributed by atoms with Gasteiger partial charge < -0.3 is 14.6 Å². The van der Waals surface area contributed by atoms with Gasteiger partial charge in [-0.25, -0.2) is 14.8 Å². The van der Waals surface area contributed by atoms with Crippen LogP contribution in [0.2, 0.25) is 0 Å². The summed E-state index contributed by atoms with van der Waals surface area (Å²) in [5, 5.41) is 11.9. The molecule has 0 aliphatic carbocycles. The molecule has 2 aromatic carbocycles. The number of amides is 1. The summed E-state index contributed by atoms with van der Waals surface area (Å²) in [6.07, 6.45) is 1.72. The van der Waals surface area contributed by atoms with E-state index >= 15 is 0 Å². The van der Waals surface area contributed by atoms with Gasteiger partial charge in [-0.3, -0.25) is 18.9 Å². The predicted molar refractivity (Wildman–Crippen MR) is 160 cm³/mol. The SMILES string of the molecule is COC(=O)c1sc(N2C(=O)C(=O)/C(=C(/O)c3c(C)nc4ccccn34)C2c2ccc(OCc3ccccc3)cc2)nc1C. The molecule has 1 unspecified atom stereocenters. The zero-order chi connectivity index (χ0) is 30.2. The number of aliphatic hydroxyl groups excluding tert-OH is 1. The third-order valence-electron chi connectivity index (χ3n) is 7.18. The minimum absolute atomic E-state index is 0.121. The number of thiazole rings is 1. The number of carbonyl (C=O) groups excluding carboxylic acids is 3. The van der Waals surface area contributed by atoms with Crippen molar-refractivity contribution in [2.75, 3.05) is 12.0 Å². The summed E-state index contributed by atoms with van der Waals surface area (Å²) in [6, 6.07) is 21.0. The van der Waals surface area contributed by atoms with E-state index in [9.17, 15) is 19.5 Å². The number of aliphatic hydroxyl groups is 1. The van der Waals surface area contributed by atoms with Gasteiger partial charge in [-0.1, -0.05) is 59.9 Å². The number of nitrogens with zero attached hydrogens (tertiary/aromatic N) is 4. The van der Waals surface area contributed by atoms with Gasteiger partial charge in [0.25, 0.3) is 5.78 Å². The first-order valence-electron chi connectivity index (χ1n) is 13.4. The molecule has 3 aromatic heterocycles. The lowest BCUT2D eigenvalue weighted by atomic mass is 9.96. The maximum atomic E-state index is 13.7. The molecule has 1 aliphatic rings. The molecule has 0 saturated carbocycles. The van der Waals surface area contributed by atoms with Crippen molar-refractivity contribution in [3.05, 3.63) is 118 Å². The van der Waals surface area contributed by atoms with Crippen molar-refractivity contribution in [3.8, 4) is 5.75 Å². The molecule has 0 bridgehead atoms. The van der Waals surface area contributed by atoms with E-state index in [-0.39, 0.29) is 21.3 Å². The molecule has 10 nitrogen and oxygen atoms in total. The summed E-state index contributed by atoms with van der Waals surface area (Å²) in [6.45, 7) is 3.71. The highest BCUT2D eigenvalue weighted by Crippen LogP contribution is 2.44. The van der Waals surface area contributed by atoms with Crippen LogP contribution in [0.1, 0.15) is 43.9 Å². The highest BCUT2D eigenvalue weighted by molar-refractivity contribution is 7.17. The van der Waals surface area contributed by atoms with E-state index in [1.165, 1.54) is 12.0 Å². The van der Waals surface area contributed by atoms with Crippen LogP contribution >= 0.6 is 11.3 Å². The number of methoxy groups -OCH3 is 1. The molecule has 1 aliphatic heterocycles. The number of rotatable bonds is 7. The lowest BCUT2D eigenvalue weighted by Gasteiger charge is -2.23. The van der Waals surface area contributed by atoms with Crippen molar-refractivity contribution >= 4 is 45.5 Å². The first kappa shape index (κ1) is 27.9. The van der Waals surface area contributed by atoms with Crippen molar-refractivity contribution in [1.29, 1.82) is 0 Å². The number of aryl methyl sites for hydroxylation is 2. The van der Waals surface area contributed by atoms with Crippen molar-refractivity contribution in [2.45, 2.75) is 26.5 Å². The Kier molecular flexibility index (Phi) is 7.24. The number of aromatic nitrogens is 3. The maximum absolute atomic E-state index is 13.7. The highest BCUT2D eigenvalue weighted by atomic mass is 32.1. The number of fused-ring (bicyclic) bond motifs is 1. The Morgan fingerprint density at radius 2 is 1.67 bits per heavy atom. The Morgan fingerprint density at radius 3 is 2.40 bits per heavy atom. The largest absolute Gasteiger partial charge is 0.505 e. The van der Waals surface area contributed by atoms with Crippen molar-refractivity contribution in [3.63, 3.8) is 0 Å². The van der Waals surface area contributed by atoms with Crippen LogP contribution in [-0.2, 0) is 20.9 Å². The van der Waals surface area contributed by atoms with Gasteiger partial charge in [0.1, 0.15) is 28.6 Å². The van der Waals surface area contributed by atoms with E-state index in [0.29, 0.717) is 40.6 Å². The van der Waals surface area contributed by atoms with Gasteiger partial charge in [0, 0.05) is 6.20 Å². The van der Waals surface area contributed by atoms with Crippen LogP contribution in [0.4, 0.5) is 5.13 Å². The number of hydrogen-bond donors (Lipinski definition) is 1. The molecular weight excluding hydrogens is 568 g/mol. The molecule has 5 aromatic rings. The van der Waals surface area contributed by atoms with E-state index < -0.39 is 23.7 Å². The van der Waals surface area contributed by atoms with Gasteiger partial charge in [0.2, 0.25) is 0 Å². The van der Waals surface area contributed by atoms with Crippen LogP contribution in [0.25, 0.3) is 11.4 Å². The van der Waals surface area contributed by atoms with Gasteiger partial charge in [-0.05, 0) is 49.2 Å². The fraction of sp³-hybridized carbons (Fsp3) is 0.156. The highest BCUT2D eigenvalue weighted by Gasteiger charge is 2.49. The van der Waals surface area contributed by atoms with E-state index in [1.807, 2.05) is 36.4 Å². The second kappa shape index (κ2) is 11.2. The zero-order valence-electron chi connectivity index (χ0n) is 23.5. The molecule has 1 amide bonds. The molecule has 11 heteroatoms. The minimum Gasteiger partial charge on any atom is -0.505 e. The Morgan fingerprint density at radius 1 is 0.953 bits per heavy atom. The summed E-state index contributed by atoms with van der Waals surface area (Å²) in [5.74, 6) is -2.15. The zero-order valence-corrected chi connectivity index (χ0v) is 24.3. The molecule has 1 fully saturated rings. The molecule has 1 N–H and O–H groups in total. The molecule has 6 rings (SSSR count). The number of pyridine rings is 1. The molecule has 43 heavy (non-hydrogen) atoms. The number of ketones is 1. The first-order valence-corrected chi connectivity index (χ1v) is 14.2.